The highest BCUT2D eigenvalue weighted by Gasteiger charge is 2.25. The Bertz CT molecular complexity index is 2130. The Kier molecular flexibility index (Phi) is 11.8. The molecule has 0 saturated heterocycles. The molecule has 2 atom stereocenters. The second-order valence-electron chi connectivity index (χ2n) is 14.2. The van der Waals surface area contributed by atoms with Crippen molar-refractivity contribution < 1.29 is 40.9 Å². The van der Waals surface area contributed by atoms with Gasteiger partial charge in [-0.25, -0.2) is 0 Å². The van der Waals surface area contributed by atoms with Gasteiger partial charge in [-0.2, -0.15) is 0 Å². The van der Waals surface area contributed by atoms with E-state index in [2.05, 4.69) is 54.6 Å². The molecule has 0 fully saturated rings. The maximum absolute atomic E-state index is 10.6. The van der Waals surface area contributed by atoms with E-state index in [1.807, 2.05) is 30.3 Å². The predicted octanol–water partition coefficient (Wildman–Crippen LogP) is 8.72. The number of hydrogen-bond acceptors (Lipinski definition) is 8. The van der Waals surface area contributed by atoms with Gasteiger partial charge in [0.05, 0.1) is 0 Å². The van der Waals surface area contributed by atoms with Gasteiger partial charge in [-0.3, -0.25) is 0 Å². The minimum atomic E-state index is -0.520. The average molecular weight is 727 g/mol. The molecule has 0 aliphatic carbocycles. The van der Waals surface area contributed by atoms with Crippen LogP contribution in [0.15, 0.2) is 121 Å². The zero-order valence-corrected chi connectivity index (χ0v) is 29.9. The van der Waals surface area contributed by atoms with Crippen molar-refractivity contribution in [2.24, 2.45) is 5.92 Å². The first-order valence-corrected chi connectivity index (χ1v) is 18.2. The number of hydrogen-bond donors (Lipinski definition) is 8. The molecular formula is C46H46O8. The molecule has 0 aliphatic heterocycles. The Balaban J connectivity index is 1.22. The van der Waals surface area contributed by atoms with E-state index < -0.39 is 11.5 Å². The molecule has 0 bridgehead atoms. The highest BCUT2D eigenvalue weighted by atomic mass is 16.3. The van der Waals surface area contributed by atoms with Crippen molar-refractivity contribution >= 4 is 0 Å². The topological polar surface area (TPSA) is 162 Å². The fourth-order valence-corrected chi connectivity index (χ4v) is 7.25. The van der Waals surface area contributed by atoms with Crippen LogP contribution in [0.4, 0.5) is 0 Å². The highest BCUT2D eigenvalue weighted by Crippen LogP contribution is 2.38. The number of benzene rings is 6. The summed E-state index contributed by atoms with van der Waals surface area (Å²) in [6, 6.07) is 37.7. The van der Waals surface area contributed by atoms with E-state index in [0.29, 0.717) is 25.7 Å². The van der Waals surface area contributed by atoms with E-state index >= 15 is 0 Å². The van der Waals surface area contributed by atoms with Gasteiger partial charge in [0.2, 0.25) is 0 Å². The maximum Gasteiger partial charge on any atom is 0.200 e. The molecule has 0 unspecified atom stereocenters. The van der Waals surface area contributed by atoms with Crippen LogP contribution in [0.5, 0.6) is 46.0 Å². The molecule has 8 N–H and O–H groups in total. The first kappa shape index (κ1) is 37.5. The van der Waals surface area contributed by atoms with Crippen molar-refractivity contribution in [3.05, 3.63) is 166 Å². The molecule has 0 amide bonds. The summed E-state index contributed by atoms with van der Waals surface area (Å²) < 4.78 is 0. The zero-order valence-electron chi connectivity index (χ0n) is 29.9. The monoisotopic (exact) mass is 726 g/mol. The summed E-state index contributed by atoms with van der Waals surface area (Å²) in [6.45, 7) is 0. The van der Waals surface area contributed by atoms with E-state index in [4.69, 9.17) is 0 Å². The molecule has 0 aromatic heterocycles. The normalized spacial score (nSPS) is 12.4. The van der Waals surface area contributed by atoms with Crippen LogP contribution in [0.1, 0.15) is 56.8 Å². The van der Waals surface area contributed by atoms with Crippen molar-refractivity contribution in [3.8, 4) is 46.0 Å². The third kappa shape index (κ3) is 9.77. The molecule has 0 aliphatic rings. The molecule has 0 heterocycles. The van der Waals surface area contributed by atoms with Gasteiger partial charge in [0.15, 0.2) is 34.5 Å². The third-order valence-electron chi connectivity index (χ3n) is 10.2. The highest BCUT2D eigenvalue weighted by molar-refractivity contribution is 5.52. The van der Waals surface area contributed by atoms with E-state index in [1.165, 1.54) is 29.8 Å². The first-order chi connectivity index (χ1) is 26.0. The Morgan fingerprint density at radius 3 is 1.26 bits per heavy atom. The van der Waals surface area contributed by atoms with Gasteiger partial charge in [-0.05, 0) is 156 Å². The number of rotatable bonds is 15. The molecule has 6 aromatic rings. The summed E-state index contributed by atoms with van der Waals surface area (Å²) in [6.07, 6.45) is 5.64. The van der Waals surface area contributed by atoms with Crippen LogP contribution in [0.25, 0.3) is 0 Å². The van der Waals surface area contributed by atoms with Crippen LogP contribution >= 0.6 is 0 Å². The van der Waals surface area contributed by atoms with E-state index in [-0.39, 0.29) is 46.3 Å². The predicted molar refractivity (Wildman–Crippen MR) is 209 cm³/mol. The summed E-state index contributed by atoms with van der Waals surface area (Å²) in [5.41, 5.74) is 8.06. The molecule has 0 saturated carbocycles. The van der Waals surface area contributed by atoms with Crippen molar-refractivity contribution in [2.75, 3.05) is 0 Å². The summed E-state index contributed by atoms with van der Waals surface area (Å²) >= 11 is 0. The van der Waals surface area contributed by atoms with Gasteiger partial charge in [-0.15, -0.1) is 0 Å². The zero-order chi connectivity index (χ0) is 38.2. The van der Waals surface area contributed by atoms with E-state index in [1.54, 1.807) is 12.1 Å². The minimum absolute atomic E-state index is 0.0535. The average Bonchev–Trinajstić information content (AvgIpc) is 3.16. The standard InChI is InChI=1S/C46H46O8/c47-38-5-1-3-31(22-38)19-20-37(21-32-13-7-29(8-14-32)11-17-34-24-41(49)45(53)42(50)25-34)40(36-4-2-6-39(48)28-36)23-33-15-9-30(10-16-33)12-18-35-26-43(51)46(54)44(52)27-35/h1-10,13-16,22,24-28,37,40,47-54H,11-12,17-21,23H2/t37-,40+/m1/s1. The molecule has 54 heavy (non-hydrogen) atoms. The van der Waals surface area contributed by atoms with Crippen LogP contribution in [0.3, 0.4) is 0 Å². The Morgan fingerprint density at radius 2 is 0.778 bits per heavy atom. The SMILES string of the molecule is Oc1cccc(CC[C@H](Cc2ccc(CCc3cc(O)c(O)c(O)c3)cc2)[C@@H](Cc2ccc(CCc3cc(O)c(O)c(O)c3)cc2)c2cccc(O)c2)c1. The molecule has 0 spiro atoms. The van der Waals surface area contributed by atoms with Crippen molar-refractivity contribution in [1.82, 2.24) is 0 Å². The molecular weight excluding hydrogens is 680 g/mol. The number of aryl methyl sites for hydroxylation is 5. The van der Waals surface area contributed by atoms with Gasteiger partial charge < -0.3 is 40.9 Å². The second kappa shape index (κ2) is 17.0. The van der Waals surface area contributed by atoms with Crippen molar-refractivity contribution in [2.45, 2.75) is 57.3 Å². The number of phenolic OH excluding ortho intramolecular Hbond substituents is 8. The lowest BCUT2D eigenvalue weighted by molar-refractivity contribution is 0.367. The van der Waals surface area contributed by atoms with Crippen LogP contribution < -0.4 is 0 Å². The smallest absolute Gasteiger partial charge is 0.200 e. The number of phenols is 8. The summed E-state index contributed by atoms with van der Waals surface area (Å²) in [5.74, 6) is -1.75. The molecule has 278 valence electrons. The lowest BCUT2D eigenvalue weighted by atomic mass is 9.75. The molecule has 6 rings (SSSR count). The van der Waals surface area contributed by atoms with Crippen LogP contribution in [-0.2, 0) is 44.9 Å². The molecule has 8 heteroatoms. The molecule has 8 nitrogen and oxygen atoms in total. The number of aromatic hydroxyl groups is 8. The van der Waals surface area contributed by atoms with Crippen molar-refractivity contribution in [1.29, 1.82) is 0 Å². The molecule has 6 aromatic carbocycles. The van der Waals surface area contributed by atoms with Gasteiger partial charge in [0.25, 0.3) is 0 Å². The second-order valence-corrected chi connectivity index (χ2v) is 14.2. The van der Waals surface area contributed by atoms with Crippen LogP contribution in [0.2, 0.25) is 0 Å². The van der Waals surface area contributed by atoms with Gasteiger partial charge in [0.1, 0.15) is 11.5 Å². The lowest BCUT2D eigenvalue weighted by Gasteiger charge is -2.29. The quantitative estimate of drug-likeness (QED) is 0.0488. The van der Waals surface area contributed by atoms with Crippen LogP contribution in [-0.4, -0.2) is 40.9 Å². The summed E-state index contributed by atoms with van der Waals surface area (Å²) in [4.78, 5) is 0. The molecule has 0 radical (unpaired) electrons. The van der Waals surface area contributed by atoms with Gasteiger partial charge >= 0.3 is 0 Å². The van der Waals surface area contributed by atoms with E-state index in [0.717, 1.165) is 64.6 Å². The van der Waals surface area contributed by atoms with Crippen molar-refractivity contribution in [3.63, 3.8) is 0 Å². The van der Waals surface area contributed by atoms with E-state index in [9.17, 15) is 40.9 Å². The first-order valence-electron chi connectivity index (χ1n) is 18.2. The Labute approximate surface area is 315 Å². The summed E-state index contributed by atoms with van der Waals surface area (Å²) in [5, 5.41) is 79.7. The third-order valence-corrected chi connectivity index (χ3v) is 10.2. The largest absolute Gasteiger partial charge is 0.508 e. The van der Waals surface area contributed by atoms with Crippen LogP contribution in [0, 0.1) is 5.92 Å². The minimum Gasteiger partial charge on any atom is -0.508 e. The fraction of sp³-hybridized carbons (Fsp3) is 0.217. The maximum atomic E-state index is 10.6. The fourth-order valence-electron chi connectivity index (χ4n) is 7.25. The Hall–Kier alpha value is -6.28. The Morgan fingerprint density at radius 1 is 0.352 bits per heavy atom. The van der Waals surface area contributed by atoms with Gasteiger partial charge in [-0.1, -0.05) is 72.8 Å². The lowest BCUT2D eigenvalue weighted by Crippen LogP contribution is -2.19. The summed E-state index contributed by atoms with van der Waals surface area (Å²) in [7, 11) is 0. The van der Waals surface area contributed by atoms with Gasteiger partial charge in [0, 0.05) is 0 Å².